The van der Waals surface area contributed by atoms with Crippen molar-refractivity contribution in [1.29, 1.82) is 0 Å². The largest absolute Gasteiger partial charge is 0.498 e. The Morgan fingerprint density at radius 1 is 1.16 bits per heavy atom. The van der Waals surface area contributed by atoms with E-state index in [2.05, 4.69) is 54.6 Å². The van der Waals surface area contributed by atoms with E-state index in [4.69, 9.17) is 4.74 Å². The topological polar surface area (TPSA) is 38.3 Å². The number of carbonyl (C=O) groups is 1. The third-order valence-electron chi connectivity index (χ3n) is 6.11. The molecule has 0 spiro atoms. The molecule has 1 aliphatic carbocycles. The molecule has 1 N–H and O–H groups in total. The van der Waals surface area contributed by atoms with Crippen LogP contribution < -0.4 is 4.72 Å². The van der Waals surface area contributed by atoms with Gasteiger partial charge in [-0.15, -0.1) is 0 Å². The summed E-state index contributed by atoms with van der Waals surface area (Å²) in [4.78, 5) is 12.9. The van der Waals surface area contributed by atoms with E-state index in [9.17, 15) is 4.79 Å². The first-order valence-corrected chi connectivity index (χ1v) is 12.2. The third-order valence-corrected chi connectivity index (χ3v) is 7.30. The summed E-state index contributed by atoms with van der Waals surface area (Å²) in [6.07, 6.45) is 11.1. The summed E-state index contributed by atoms with van der Waals surface area (Å²) in [5.74, 6) is 1.44. The lowest BCUT2D eigenvalue weighted by Crippen LogP contribution is -2.21. The van der Waals surface area contributed by atoms with Crippen LogP contribution in [0, 0.1) is 5.92 Å². The Balaban J connectivity index is 1.45. The summed E-state index contributed by atoms with van der Waals surface area (Å²) in [7, 11) is 0. The Bertz CT molecular complexity index is 1010. The molecule has 2 aromatic carbocycles. The van der Waals surface area contributed by atoms with E-state index in [0.717, 1.165) is 55.6 Å². The normalized spacial score (nSPS) is 21.0. The van der Waals surface area contributed by atoms with E-state index in [1.54, 1.807) is 6.08 Å². The van der Waals surface area contributed by atoms with Crippen molar-refractivity contribution < 1.29 is 9.53 Å². The van der Waals surface area contributed by atoms with Crippen LogP contribution in [0.2, 0.25) is 0 Å². The van der Waals surface area contributed by atoms with Crippen LogP contribution in [-0.4, -0.2) is 17.3 Å². The number of ether oxygens (including phenoxy) is 1. The van der Waals surface area contributed by atoms with Crippen LogP contribution in [0.4, 0.5) is 0 Å². The molecule has 1 amide bonds. The number of hydrogen-bond acceptors (Lipinski definition) is 3. The van der Waals surface area contributed by atoms with Gasteiger partial charge >= 0.3 is 0 Å². The SMILES string of the molecule is C=C/C=C(\C=C1/CC[C@@H](Cc2ccccc2)CO1)c1ccccc1C(=O)NSC1(C)CC1. The number of hydrogen-bond donors (Lipinski definition) is 1. The van der Waals surface area contributed by atoms with E-state index in [1.165, 1.54) is 17.5 Å². The molecule has 0 radical (unpaired) electrons. The molecular formula is C28H31NO2S. The number of benzene rings is 2. The average Bonchev–Trinajstić information content (AvgIpc) is 3.56. The Labute approximate surface area is 195 Å². The van der Waals surface area contributed by atoms with Crippen molar-refractivity contribution in [3.05, 3.63) is 102 Å². The van der Waals surface area contributed by atoms with E-state index in [1.807, 2.05) is 30.3 Å². The van der Waals surface area contributed by atoms with Crippen molar-refractivity contribution in [2.45, 2.75) is 43.8 Å². The number of nitrogens with one attached hydrogen (secondary N) is 1. The lowest BCUT2D eigenvalue weighted by molar-refractivity contribution is 0.0983. The molecule has 1 aliphatic heterocycles. The molecule has 2 fully saturated rings. The van der Waals surface area contributed by atoms with Crippen LogP contribution in [0.3, 0.4) is 0 Å². The average molecular weight is 446 g/mol. The van der Waals surface area contributed by atoms with Gasteiger partial charge in [-0.2, -0.15) is 0 Å². The predicted molar refractivity (Wildman–Crippen MR) is 134 cm³/mol. The first-order valence-electron chi connectivity index (χ1n) is 11.3. The molecule has 2 aliphatic rings. The standard InChI is InChI=1S/C28H31NO2S/c1-3-9-23(19-24-15-14-22(20-31-24)18-21-10-5-4-6-11-21)25-12-7-8-13-26(25)27(30)29-32-28(2)16-17-28/h3-13,19,22H,1,14-18,20H2,2H3,(H,29,30)/b23-9+,24-19+/t22-/m0/s1. The fourth-order valence-corrected chi connectivity index (χ4v) is 4.66. The number of carbonyl (C=O) groups excluding carboxylic acids is 1. The molecule has 1 atom stereocenters. The highest BCUT2D eigenvalue weighted by molar-refractivity contribution is 7.99. The van der Waals surface area contributed by atoms with Crippen molar-refractivity contribution in [2.24, 2.45) is 5.92 Å². The van der Waals surface area contributed by atoms with Crippen LogP contribution in [0.1, 0.15) is 54.1 Å². The van der Waals surface area contributed by atoms with Crippen LogP contribution >= 0.6 is 11.9 Å². The van der Waals surface area contributed by atoms with Gasteiger partial charge in [0, 0.05) is 16.7 Å². The molecule has 1 saturated heterocycles. The molecular weight excluding hydrogens is 414 g/mol. The molecule has 3 nitrogen and oxygen atoms in total. The van der Waals surface area contributed by atoms with Crippen LogP contribution in [0.25, 0.3) is 5.57 Å². The second-order valence-corrected chi connectivity index (χ2v) is 10.3. The van der Waals surface area contributed by atoms with Crippen molar-refractivity contribution >= 4 is 23.4 Å². The minimum atomic E-state index is -0.0559. The van der Waals surface area contributed by atoms with Gasteiger partial charge in [-0.05, 0) is 79.3 Å². The lowest BCUT2D eigenvalue weighted by Gasteiger charge is -2.25. The van der Waals surface area contributed by atoms with E-state index in [0.29, 0.717) is 11.5 Å². The van der Waals surface area contributed by atoms with Gasteiger partial charge < -0.3 is 4.74 Å². The van der Waals surface area contributed by atoms with Gasteiger partial charge in [0.05, 0.1) is 12.4 Å². The quantitative estimate of drug-likeness (QED) is 0.361. The zero-order valence-corrected chi connectivity index (χ0v) is 19.5. The highest BCUT2D eigenvalue weighted by Crippen LogP contribution is 2.46. The Kier molecular flexibility index (Phi) is 7.21. The predicted octanol–water partition coefficient (Wildman–Crippen LogP) is 6.74. The van der Waals surface area contributed by atoms with Crippen LogP contribution in [0.15, 0.2) is 85.2 Å². The van der Waals surface area contributed by atoms with Crippen molar-refractivity contribution in [3.8, 4) is 0 Å². The van der Waals surface area contributed by atoms with E-state index < -0.39 is 0 Å². The summed E-state index contributed by atoms with van der Waals surface area (Å²) >= 11 is 1.54. The monoisotopic (exact) mass is 445 g/mol. The molecule has 0 aromatic heterocycles. The molecule has 4 rings (SSSR count). The third kappa shape index (κ3) is 5.95. The second-order valence-electron chi connectivity index (χ2n) is 8.90. The fourth-order valence-electron chi connectivity index (χ4n) is 3.90. The minimum absolute atomic E-state index is 0.0559. The zero-order chi connectivity index (χ0) is 22.4. The fraction of sp³-hybridized carbons (Fsp3) is 0.321. The molecule has 0 bridgehead atoms. The number of rotatable bonds is 8. The van der Waals surface area contributed by atoms with Crippen molar-refractivity contribution in [3.63, 3.8) is 0 Å². The first kappa shape index (κ1) is 22.5. The van der Waals surface area contributed by atoms with Gasteiger partial charge in [0.2, 0.25) is 0 Å². The van der Waals surface area contributed by atoms with Gasteiger partial charge in [0.15, 0.2) is 0 Å². The second kappa shape index (κ2) is 10.3. The van der Waals surface area contributed by atoms with Gasteiger partial charge in [-0.1, -0.05) is 67.3 Å². The Morgan fingerprint density at radius 3 is 2.53 bits per heavy atom. The van der Waals surface area contributed by atoms with Crippen molar-refractivity contribution in [1.82, 2.24) is 4.72 Å². The van der Waals surface area contributed by atoms with Gasteiger partial charge in [0.1, 0.15) is 0 Å². The maximum atomic E-state index is 12.9. The Morgan fingerprint density at radius 2 is 1.88 bits per heavy atom. The summed E-state index contributed by atoms with van der Waals surface area (Å²) in [6.45, 7) is 6.78. The summed E-state index contributed by atoms with van der Waals surface area (Å²) in [5.41, 5.74) is 3.88. The maximum Gasteiger partial charge on any atom is 0.261 e. The highest BCUT2D eigenvalue weighted by atomic mass is 32.2. The molecule has 1 saturated carbocycles. The van der Waals surface area contributed by atoms with Gasteiger partial charge in [0.25, 0.3) is 5.91 Å². The molecule has 32 heavy (non-hydrogen) atoms. The molecule has 2 aromatic rings. The molecule has 0 unspecified atom stereocenters. The van der Waals surface area contributed by atoms with Crippen LogP contribution in [-0.2, 0) is 11.2 Å². The lowest BCUT2D eigenvalue weighted by atomic mass is 9.92. The first-order chi connectivity index (χ1) is 15.6. The minimum Gasteiger partial charge on any atom is -0.498 e. The van der Waals surface area contributed by atoms with Gasteiger partial charge in [-0.3, -0.25) is 9.52 Å². The molecule has 1 heterocycles. The Hall–Kier alpha value is -2.72. The molecule has 4 heteroatoms. The maximum absolute atomic E-state index is 12.9. The summed E-state index contributed by atoms with van der Waals surface area (Å²) in [6, 6.07) is 18.3. The molecule has 166 valence electrons. The van der Waals surface area contributed by atoms with E-state index in [-0.39, 0.29) is 10.7 Å². The summed E-state index contributed by atoms with van der Waals surface area (Å²) < 4.78 is 9.38. The van der Waals surface area contributed by atoms with Gasteiger partial charge in [-0.25, -0.2) is 0 Å². The number of amides is 1. The number of allylic oxidation sites excluding steroid dienone is 5. The van der Waals surface area contributed by atoms with Crippen molar-refractivity contribution in [2.75, 3.05) is 6.61 Å². The summed E-state index contributed by atoms with van der Waals surface area (Å²) in [5, 5.41) is 0. The van der Waals surface area contributed by atoms with Crippen LogP contribution in [0.5, 0.6) is 0 Å². The smallest absolute Gasteiger partial charge is 0.261 e. The highest BCUT2D eigenvalue weighted by Gasteiger charge is 2.39. The van der Waals surface area contributed by atoms with E-state index >= 15 is 0 Å². The zero-order valence-electron chi connectivity index (χ0n) is 18.7.